The number of Topliss-reactive ketones (excluding diaryl/α,β-unsaturated/α-hetero) is 2. The van der Waals surface area contributed by atoms with Gasteiger partial charge in [-0.1, -0.05) is 28.1 Å². The summed E-state index contributed by atoms with van der Waals surface area (Å²) in [5.41, 5.74) is 1.60. The van der Waals surface area contributed by atoms with Gasteiger partial charge in [0, 0.05) is 16.1 Å². The van der Waals surface area contributed by atoms with E-state index < -0.39 is 0 Å². The molecule has 3 aromatic carbocycles. The van der Waals surface area contributed by atoms with E-state index in [0.29, 0.717) is 45.4 Å². The number of methoxy groups -OCH3 is 3. The van der Waals surface area contributed by atoms with Crippen molar-refractivity contribution in [3.05, 3.63) is 81.5 Å². The molecular weight excluding hydrogens is 504 g/mol. The number of rotatable bonds is 8. The normalized spacial score (nSPS) is 13.3. The van der Waals surface area contributed by atoms with Gasteiger partial charge >= 0.3 is 0 Å². The Labute approximate surface area is 205 Å². The van der Waals surface area contributed by atoms with Crippen LogP contribution in [0.4, 0.5) is 0 Å². The highest BCUT2D eigenvalue weighted by molar-refractivity contribution is 9.10. The van der Waals surface area contributed by atoms with Gasteiger partial charge < -0.3 is 23.7 Å². The highest BCUT2D eigenvalue weighted by atomic mass is 79.9. The fraction of sp³-hybridized carbons (Fsp3) is 0.154. The van der Waals surface area contributed by atoms with Crippen molar-refractivity contribution in [3.8, 4) is 28.7 Å². The summed E-state index contributed by atoms with van der Waals surface area (Å²) in [7, 11) is 4.56. The molecule has 0 bridgehead atoms. The molecule has 0 fully saturated rings. The van der Waals surface area contributed by atoms with E-state index in [1.165, 1.54) is 21.3 Å². The summed E-state index contributed by atoms with van der Waals surface area (Å²) in [5.74, 6) is 1.88. The van der Waals surface area contributed by atoms with Crippen LogP contribution in [0.2, 0.25) is 0 Å². The first kappa shape index (κ1) is 23.4. The molecule has 0 radical (unpaired) electrons. The second kappa shape index (κ2) is 10.0. The van der Waals surface area contributed by atoms with Crippen molar-refractivity contribution < 1.29 is 33.3 Å². The van der Waals surface area contributed by atoms with Gasteiger partial charge in [0.25, 0.3) is 0 Å². The Balaban J connectivity index is 1.51. The topological polar surface area (TPSA) is 80.3 Å². The van der Waals surface area contributed by atoms with Crippen molar-refractivity contribution in [2.24, 2.45) is 0 Å². The van der Waals surface area contributed by atoms with Crippen LogP contribution in [0.3, 0.4) is 0 Å². The Morgan fingerprint density at radius 1 is 0.941 bits per heavy atom. The van der Waals surface area contributed by atoms with E-state index in [-0.39, 0.29) is 23.9 Å². The molecule has 0 saturated heterocycles. The average Bonchev–Trinajstić information content (AvgIpc) is 3.16. The minimum Gasteiger partial charge on any atom is -0.493 e. The molecule has 0 amide bonds. The van der Waals surface area contributed by atoms with Crippen LogP contribution in [-0.2, 0) is 0 Å². The number of benzene rings is 3. The van der Waals surface area contributed by atoms with Crippen LogP contribution >= 0.6 is 15.9 Å². The molecule has 34 heavy (non-hydrogen) atoms. The van der Waals surface area contributed by atoms with Crippen molar-refractivity contribution in [3.63, 3.8) is 0 Å². The first-order valence-corrected chi connectivity index (χ1v) is 11.0. The van der Waals surface area contributed by atoms with Gasteiger partial charge in [-0.25, -0.2) is 0 Å². The van der Waals surface area contributed by atoms with Gasteiger partial charge in [-0.2, -0.15) is 0 Å². The molecule has 0 saturated carbocycles. The van der Waals surface area contributed by atoms with Gasteiger partial charge in [0.2, 0.25) is 11.5 Å². The molecule has 8 heteroatoms. The Morgan fingerprint density at radius 2 is 1.62 bits per heavy atom. The zero-order valence-electron chi connectivity index (χ0n) is 18.7. The second-order valence-corrected chi connectivity index (χ2v) is 8.19. The summed E-state index contributed by atoms with van der Waals surface area (Å²) in [4.78, 5) is 25.2. The van der Waals surface area contributed by atoms with Crippen molar-refractivity contribution >= 4 is 33.6 Å². The molecule has 3 aromatic rings. The lowest BCUT2D eigenvalue weighted by atomic mass is 10.1. The fourth-order valence-corrected chi connectivity index (χ4v) is 3.73. The van der Waals surface area contributed by atoms with Crippen LogP contribution in [0.15, 0.2) is 64.8 Å². The minimum atomic E-state index is -0.263. The number of fused-ring (bicyclic) bond motifs is 1. The van der Waals surface area contributed by atoms with E-state index >= 15 is 0 Å². The van der Waals surface area contributed by atoms with E-state index in [9.17, 15) is 9.59 Å². The van der Waals surface area contributed by atoms with Crippen LogP contribution in [0, 0.1) is 0 Å². The number of ketones is 2. The number of hydrogen-bond donors (Lipinski definition) is 0. The summed E-state index contributed by atoms with van der Waals surface area (Å²) in [6, 6.07) is 15.3. The van der Waals surface area contributed by atoms with E-state index in [2.05, 4.69) is 15.9 Å². The lowest BCUT2D eigenvalue weighted by Gasteiger charge is -2.13. The smallest absolute Gasteiger partial charge is 0.231 e. The van der Waals surface area contributed by atoms with Crippen molar-refractivity contribution in [1.82, 2.24) is 0 Å². The average molecular weight is 525 g/mol. The molecule has 0 unspecified atom stereocenters. The largest absolute Gasteiger partial charge is 0.493 e. The van der Waals surface area contributed by atoms with Crippen molar-refractivity contribution in [1.29, 1.82) is 0 Å². The van der Waals surface area contributed by atoms with Crippen LogP contribution in [0.25, 0.3) is 6.08 Å². The summed E-state index contributed by atoms with van der Waals surface area (Å²) >= 11 is 3.34. The lowest BCUT2D eigenvalue weighted by Crippen LogP contribution is -2.11. The molecule has 0 atom stereocenters. The monoisotopic (exact) mass is 524 g/mol. The molecule has 1 heterocycles. The van der Waals surface area contributed by atoms with E-state index in [4.69, 9.17) is 23.7 Å². The third-order valence-corrected chi connectivity index (χ3v) is 5.69. The molecular formula is C26H21BrO7. The molecule has 7 nitrogen and oxygen atoms in total. The predicted molar refractivity (Wildman–Crippen MR) is 129 cm³/mol. The van der Waals surface area contributed by atoms with Gasteiger partial charge in [-0.15, -0.1) is 0 Å². The van der Waals surface area contributed by atoms with Crippen LogP contribution in [0.1, 0.15) is 26.3 Å². The maximum Gasteiger partial charge on any atom is 0.231 e. The number of hydrogen-bond acceptors (Lipinski definition) is 7. The van der Waals surface area contributed by atoms with E-state index in [1.807, 2.05) is 0 Å². The third-order valence-electron chi connectivity index (χ3n) is 5.16. The quantitative estimate of drug-likeness (QED) is 0.290. The molecule has 1 aliphatic heterocycles. The lowest BCUT2D eigenvalue weighted by molar-refractivity contribution is 0.0921. The number of carbonyl (C=O) groups is 2. The number of halogens is 1. The van der Waals surface area contributed by atoms with Crippen LogP contribution < -0.4 is 23.7 Å². The fourth-order valence-electron chi connectivity index (χ4n) is 3.46. The minimum absolute atomic E-state index is 0.136. The number of allylic oxidation sites excluding steroid dienone is 1. The second-order valence-electron chi connectivity index (χ2n) is 7.28. The summed E-state index contributed by atoms with van der Waals surface area (Å²) in [6.45, 7) is -0.136. The van der Waals surface area contributed by atoms with Crippen LogP contribution in [0.5, 0.6) is 28.7 Å². The Kier molecular flexibility index (Phi) is 6.88. The maximum atomic E-state index is 12.8. The SMILES string of the molecule is COc1cc(C=C2Oc3cc(OCC(=O)c4ccc(Br)cc4)ccc3C2=O)cc(OC)c1OC. The molecule has 174 valence electrons. The zero-order valence-corrected chi connectivity index (χ0v) is 20.3. The number of carbonyl (C=O) groups excluding carboxylic acids is 2. The van der Waals surface area contributed by atoms with Gasteiger partial charge in [0.1, 0.15) is 11.5 Å². The molecule has 0 N–H and O–H groups in total. The Bertz CT molecular complexity index is 1250. The Morgan fingerprint density at radius 3 is 2.24 bits per heavy atom. The predicted octanol–water partition coefficient (Wildman–Crippen LogP) is 5.35. The molecule has 0 spiro atoms. The third kappa shape index (κ3) is 4.77. The highest BCUT2D eigenvalue weighted by Gasteiger charge is 2.28. The number of ether oxygens (including phenoxy) is 5. The highest BCUT2D eigenvalue weighted by Crippen LogP contribution is 2.40. The van der Waals surface area contributed by atoms with Crippen molar-refractivity contribution in [2.75, 3.05) is 27.9 Å². The summed E-state index contributed by atoms with van der Waals surface area (Å²) < 4.78 is 28.4. The van der Waals surface area contributed by atoms with Gasteiger partial charge in [-0.05, 0) is 48.0 Å². The zero-order chi connectivity index (χ0) is 24.2. The standard InChI is InChI=1S/C26H21BrO7/c1-30-23-11-15(12-24(31-2)26(23)32-3)10-22-25(29)19-9-8-18(13-21(19)34-22)33-14-20(28)16-4-6-17(27)7-5-16/h4-13H,14H2,1-3H3. The molecule has 4 rings (SSSR count). The first-order chi connectivity index (χ1) is 16.4. The summed E-state index contributed by atoms with van der Waals surface area (Å²) in [6.07, 6.45) is 1.60. The van der Waals surface area contributed by atoms with Crippen molar-refractivity contribution in [2.45, 2.75) is 0 Å². The Hall–Kier alpha value is -3.78. The van der Waals surface area contributed by atoms with Gasteiger partial charge in [0.05, 0.1) is 26.9 Å². The molecule has 0 aliphatic carbocycles. The van der Waals surface area contributed by atoms with E-state index in [0.717, 1.165) is 4.47 Å². The van der Waals surface area contributed by atoms with E-state index in [1.54, 1.807) is 60.7 Å². The summed E-state index contributed by atoms with van der Waals surface area (Å²) in [5, 5.41) is 0. The maximum absolute atomic E-state index is 12.8. The van der Waals surface area contributed by atoms with Gasteiger partial charge in [-0.3, -0.25) is 9.59 Å². The molecule has 1 aliphatic rings. The van der Waals surface area contributed by atoms with Gasteiger partial charge in [0.15, 0.2) is 29.6 Å². The molecule has 0 aromatic heterocycles. The first-order valence-electron chi connectivity index (χ1n) is 10.2. The van der Waals surface area contributed by atoms with Crippen LogP contribution in [-0.4, -0.2) is 39.5 Å².